The van der Waals surface area contributed by atoms with Gasteiger partial charge in [-0.25, -0.2) is 0 Å². The Morgan fingerprint density at radius 3 is 2.39 bits per heavy atom. The van der Waals surface area contributed by atoms with Gasteiger partial charge in [0.25, 0.3) is 0 Å². The standard InChI is InChI=1S/C15H21N3/c1-11-5-7-14(8-6-11)10-18-13(3)15(9-16-4)12(2)17-18/h5-8,16H,9-10H2,1-4H3. The highest BCUT2D eigenvalue weighted by atomic mass is 15.3. The second-order valence-electron chi connectivity index (χ2n) is 4.82. The molecule has 0 unspecified atom stereocenters. The van der Waals surface area contributed by atoms with Crippen LogP contribution in [0.5, 0.6) is 0 Å². The van der Waals surface area contributed by atoms with E-state index >= 15 is 0 Å². The lowest BCUT2D eigenvalue weighted by atomic mass is 10.1. The zero-order chi connectivity index (χ0) is 13.1. The highest BCUT2D eigenvalue weighted by Crippen LogP contribution is 2.14. The molecule has 0 saturated carbocycles. The third-order valence-corrected chi connectivity index (χ3v) is 3.34. The molecule has 2 aromatic rings. The Bertz CT molecular complexity index is 523. The highest BCUT2D eigenvalue weighted by molar-refractivity contribution is 5.26. The summed E-state index contributed by atoms with van der Waals surface area (Å²) in [5, 5.41) is 7.82. The molecule has 3 nitrogen and oxygen atoms in total. The van der Waals surface area contributed by atoms with E-state index < -0.39 is 0 Å². The molecule has 1 aromatic carbocycles. The Balaban J connectivity index is 2.24. The minimum Gasteiger partial charge on any atom is -0.316 e. The van der Waals surface area contributed by atoms with Gasteiger partial charge in [0.05, 0.1) is 12.2 Å². The van der Waals surface area contributed by atoms with Crippen molar-refractivity contribution in [1.29, 1.82) is 0 Å². The topological polar surface area (TPSA) is 29.9 Å². The van der Waals surface area contributed by atoms with Crippen LogP contribution < -0.4 is 5.32 Å². The number of nitrogens with zero attached hydrogens (tertiary/aromatic N) is 2. The number of hydrogen-bond acceptors (Lipinski definition) is 2. The molecule has 0 amide bonds. The summed E-state index contributed by atoms with van der Waals surface area (Å²) in [6, 6.07) is 8.64. The molecule has 2 rings (SSSR count). The number of hydrogen-bond donors (Lipinski definition) is 1. The third-order valence-electron chi connectivity index (χ3n) is 3.34. The number of nitrogens with one attached hydrogen (secondary N) is 1. The molecule has 0 bridgehead atoms. The number of rotatable bonds is 4. The van der Waals surface area contributed by atoms with E-state index in [1.807, 2.05) is 7.05 Å². The Kier molecular flexibility index (Phi) is 3.82. The average molecular weight is 243 g/mol. The first kappa shape index (κ1) is 12.8. The zero-order valence-electron chi connectivity index (χ0n) is 11.6. The molecule has 0 saturated heterocycles. The van der Waals surface area contributed by atoms with Crippen molar-refractivity contribution in [2.45, 2.75) is 33.9 Å². The molecular formula is C15H21N3. The normalized spacial score (nSPS) is 10.9. The average Bonchev–Trinajstić information content (AvgIpc) is 2.60. The summed E-state index contributed by atoms with van der Waals surface area (Å²) in [6.07, 6.45) is 0. The summed E-state index contributed by atoms with van der Waals surface area (Å²) >= 11 is 0. The molecule has 0 aliphatic heterocycles. The summed E-state index contributed by atoms with van der Waals surface area (Å²) < 4.78 is 2.09. The van der Waals surface area contributed by atoms with Crippen LogP contribution in [0.4, 0.5) is 0 Å². The van der Waals surface area contributed by atoms with Gasteiger partial charge < -0.3 is 5.32 Å². The van der Waals surface area contributed by atoms with E-state index in [2.05, 4.69) is 60.1 Å². The fourth-order valence-electron chi connectivity index (χ4n) is 2.19. The van der Waals surface area contributed by atoms with Gasteiger partial charge in [0.2, 0.25) is 0 Å². The van der Waals surface area contributed by atoms with Crippen LogP contribution in [0.1, 0.15) is 28.1 Å². The fourth-order valence-corrected chi connectivity index (χ4v) is 2.19. The van der Waals surface area contributed by atoms with Crippen LogP contribution in [0.2, 0.25) is 0 Å². The van der Waals surface area contributed by atoms with Gasteiger partial charge in [0.15, 0.2) is 0 Å². The molecule has 18 heavy (non-hydrogen) atoms. The van der Waals surface area contributed by atoms with Crippen LogP contribution in [-0.4, -0.2) is 16.8 Å². The van der Waals surface area contributed by atoms with Crippen molar-refractivity contribution in [1.82, 2.24) is 15.1 Å². The van der Waals surface area contributed by atoms with Crippen molar-refractivity contribution >= 4 is 0 Å². The molecule has 1 aromatic heterocycles. The van der Waals surface area contributed by atoms with Crippen molar-refractivity contribution in [2.75, 3.05) is 7.05 Å². The Labute approximate surface area is 109 Å². The summed E-state index contributed by atoms with van der Waals surface area (Å²) in [7, 11) is 1.97. The fraction of sp³-hybridized carbons (Fsp3) is 0.400. The van der Waals surface area contributed by atoms with Gasteiger partial charge in [-0.05, 0) is 33.4 Å². The molecule has 3 heteroatoms. The summed E-state index contributed by atoms with van der Waals surface area (Å²) in [5.74, 6) is 0. The minimum absolute atomic E-state index is 0.844. The maximum absolute atomic E-state index is 4.62. The predicted octanol–water partition coefficient (Wildman–Crippen LogP) is 2.58. The minimum atomic E-state index is 0.844. The molecule has 0 atom stereocenters. The molecule has 1 N–H and O–H groups in total. The number of aryl methyl sites for hydroxylation is 2. The largest absolute Gasteiger partial charge is 0.316 e. The summed E-state index contributed by atoms with van der Waals surface area (Å²) in [4.78, 5) is 0. The Morgan fingerprint density at radius 1 is 1.11 bits per heavy atom. The van der Waals surface area contributed by atoms with E-state index in [9.17, 15) is 0 Å². The van der Waals surface area contributed by atoms with Crippen LogP contribution in [0.15, 0.2) is 24.3 Å². The Hall–Kier alpha value is -1.61. The van der Waals surface area contributed by atoms with Crippen molar-refractivity contribution < 1.29 is 0 Å². The van der Waals surface area contributed by atoms with Crippen molar-refractivity contribution in [3.05, 3.63) is 52.3 Å². The molecule has 96 valence electrons. The van der Waals surface area contributed by atoms with E-state index in [1.165, 1.54) is 22.4 Å². The molecule has 1 heterocycles. The van der Waals surface area contributed by atoms with Gasteiger partial charge >= 0.3 is 0 Å². The third kappa shape index (κ3) is 2.62. The molecule has 0 radical (unpaired) electrons. The van der Waals surface area contributed by atoms with Crippen LogP contribution in [0.3, 0.4) is 0 Å². The van der Waals surface area contributed by atoms with Crippen LogP contribution in [-0.2, 0) is 13.1 Å². The monoisotopic (exact) mass is 243 g/mol. The van der Waals surface area contributed by atoms with E-state index in [4.69, 9.17) is 0 Å². The van der Waals surface area contributed by atoms with E-state index in [-0.39, 0.29) is 0 Å². The van der Waals surface area contributed by atoms with Gasteiger partial charge in [0.1, 0.15) is 0 Å². The van der Waals surface area contributed by atoms with Gasteiger partial charge in [-0.3, -0.25) is 4.68 Å². The maximum Gasteiger partial charge on any atom is 0.0662 e. The predicted molar refractivity (Wildman–Crippen MR) is 74.7 cm³/mol. The Morgan fingerprint density at radius 2 is 1.78 bits per heavy atom. The lowest BCUT2D eigenvalue weighted by molar-refractivity contribution is 0.657. The maximum atomic E-state index is 4.62. The molecule has 0 aliphatic rings. The summed E-state index contributed by atoms with van der Waals surface area (Å²) in [6.45, 7) is 8.05. The molecular weight excluding hydrogens is 222 g/mol. The van der Waals surface area contributed by atoms with E-state index in [0.717, 1.165) is 18.8 Å². The number of aromatic nitrogens is 2. The van der Waals surface area contributed by atoms with Gasteiger partial charge in [-0.1, -0.05) is 29.8 Å². The first-order valence-electron chi connectivity index (χ1n) is 6.35. The lowest BCUT2D eigenvalue weighted by Gasteiger charge is -2.06. The quantitative estimate of drug-likeness (QED) is 0.894. The first-order valence-corrected chi connectivity index (χ1v) is 6.35. The summed E-state index contributed by atoms with van der Waals surface area (Å²) in [5.41, 5.74) is 6.27. The van der Waals surface area contributed by atoms with E-state index in [1.54, 1.807) is 0 Å². The highest BCUT2D eigenvalue weighted by Gasteiger charge is 2.10. The van der Waals surface area contributed by atoms with E-state index in [0.29, 0.717) is 0 Å². The zero-order valence-corrected chi connectivity index (χ0v) is 11.6. The van der Waals surface area contributed by atoms with Gasteiger partial charge in [-0.15, -0.1) is 0 Å². The van der Waals surface area contributed by atoms with Gasteiger partial charge in [-0.2, -0.15) is 5.10 Å². The molecule has 0 aliphatic carbocycles. The van der Waals surface area contributed by atoms with Gasteiger partial charge in [0, 0.05) is 17.8 Å². The number of benzene rings is 1. The van der Waals surface area contributed by atoms with Crippen LogP contribution in [0.25, 0.3) is 0 Å². The van der Waals surface area contributed by atoms with Crippen LogP contribution in [0, 0.1) is 20.8 Å². The van der Waals surface area contributed by atoms with Crippen molar-refractivity contribution in [2.24, 2.45) is 0 Å². The second kappa shape index (κ2) is 5.36. The lowest BCUT2D eigenvalue weighted by Crippen LogP contribution is -2.08. The SMILES string of the molecule is CNCc1c(C)nn(Cc2ccc(C)cc2)c1C. The van der Waals surface area contributed by atoms with Crippen molar-refractivity contribution in [3.8, 4) is 0 Å². The molecule has 0 fully saturated rings. The molecule has 0 spiro atoms. The van der Waals surface area contributed by atoms with Crippen molar-refractivity contribution in [3.63, 3.8) is 0 Å². The second-order valence-corrected chi connectivity index (χ2v) is 4.82. The smallest absolute Gasteiger partial charge is 0.0662 e. The first-order chi connectivity index (χ1) is 8.61. The van der Waals surface area contributed by atoms with Crippen LogP contribution >= 0.6 is 0 Å².